The Morgan fingerprint density at radius 1 is 1.13 bits per heavy atom. The SMILES string of the molecule is C=CCc1cc(-c2csc(-c3ccc(OCC)c(OCC)c3)n2)cc(C(=O)OC)c1O. The molecule has 2 aromatic carbocycles. The number of carbonyl (C=O) groups excluding carboxylic acids is 1. The summed E-state index contributed by atoms with van der Waals surface area (Å²) < 4.78 is 16.2. The summed E-state index contributed by atoms with van der Waals surface area (Å²) >= 11 is 1.48. The van der Waals surface area contributed by atoms with Gasteiger partial charge in [-0.2, -0.15) is 0 Å². The number of ether oxygens (including phenoxy) is 3. The smallest absolute Gasteiger partial charge is 0.341 e. The zero-order valence-electron chi connectivity index (χ0n) is 17.8. The third-order valence-electron chi connectivity index (χ3n) is 4.55. The molecule has 0 aliphatic heterocycles. The number of nitrogens with zero attached hydrogens (tertiary/aromatic N) is 1. The molecule has 3 rings (SSSR count). The van der Waals surface area contributed by atoms with Crippen LogP contribution in [0, 0.1) is 0 Å². The molecule has 0 atom stereocenters. The van der Waals surface area contributed by atoms with Crippen molar-refractivity contribution in [3.63, 3.8) is 0 Å². The number of allylic oxidation sites excluding steroid dienone is 1. The van der Waals surface area contributed by atoms with Crippen LogP contribution in [0.4, 0.5) is 0 Å². The number of phenolic OH excluding ortho intramolecular Hbond substituents is 1. The van der Waals surface area contributed by atoms with Crippen molar-refractivity contribution in [1.29, 1.82) is 0 Å². The monoisotopic (exact) mass is 439 g/mol. The largest absolute Gasteiger partial charge is 0.507 e. The van der Waals surface area contributed by atoms with Crippen LogP contribution in [0.5, 0.6) is 17.2 Å². The normalized spacial score (nSPS) is 10.5. The van der Waals surface area contributed by atoms with Crippen LogP contribution >= 0.6 is 11.3 Å². The molecule has 0 unspecified atom stereocenters. The maximum Gasteiger partial charge on any atom is 0.341 e. The maximum absolute atomic E-state index is 12.1. The lowest BCUT2D eigenvalue weighted by atomic mass is 10.00. The quantitative estimate of drug-likeness (QED) is 0.351. The van der Waals surface area contributed by atoms with Crippen molar-refractivity contribution in [2.24, 2.45) is 0 Å². The Morgan fingerprint density at radius 3 is 2.55 bits per heavy atom. The molecule has 162 valence electrons. The fourth-order valence-electron chi connectivity index (χ4n) is 3.14. The summed E-state index contributed by atoms with van der Waals surface area (Å²) in [6.45, 7) is 8.65. The number of methoxy groups -OCH3 is 1. The van der Waals surface area contributed by atoms with Gasteiger partial charge in [0, 0.05) is 16.5 Å². The number of rotatable bonds is 9. The molecule has 0 saturated heterocycles. The molecule has 1 N–H and O–H groups in total. The molecule has 3 aromatic rings. The van der Waals surface area contributed by atoms with Crippen molar-refractivity contribution in [3.8, 4) is 39.1 Å². The van der Waals surface area contributed by atoms with Crippen LogP contribution in [0.15, 0.2) is 48.4 Å². The first-order valence-electron chi connectivity index (χ1n) is 9.93. The summed E-state index contributed by atoms with van der Waals surface area (Å²) in [4.78, 5) is 16.9. The summed E-state index contributed by atoms with van der Waals surface area (Å²) in [7, 11) is 1.28. The number of carbonyl (C=O) groups is 1. The Labute approximate surface area is 185 Å². The summed E-state index contributed by atoms with van der Waals surface area (Å²) in [6, 6.07) is 9.14. The van der Waals surface area contributed by atoms with Gasteiger partial charge < -0.3 is 19.3 Å². The van der Waals surface area contributed by atoms with Crippen LogP contribution in [-0.2, 0) is 11.2 Å². The minimum absolute atomic E-state index is 0.0983. The third-order valence-corrected chi connectivity index (χ3v) is 5.44. The highest BCUT2D eigenvalue weighted by Crippen LogP contribution is 2.37. The van der Waals surface area contributed by atoms with Crippen LogP contribution in [-0.4, -0.2) is 36.4 Å². The van der Waals surface area contributed by atoms with E-state index < -0.39 is 5.97 Å². The predicted molar refractivity (Wildman–Crippen MR) is 122 cm³/mol. The van der Waals surface area contributed by atoms with Crippen LogP contribution in [0.2, 0.25) is 0 Å². The molecule has 0 saturated carbocycles. The van der Waals surface area contributed by atoms with Gasteiger partial charge in [0.2, 0.25) is 0 Å². The second kappa shape index (κ2) is 10.1. The highest BCUT2D eigenvalue weighted by atomic mass is 32.1. The Balaban J connectivity index is 2.02. The van der Waals surface area contributed by atoms with Crippen molar-refractivity contribution in [2.45, 2.75) is 20.3 Å². The van der Waals surface area contributed by atoms with Crippen molar-refractivity contribution >= 4 is 17.3 Å². The molecule has 31 heavy (non-hydrogen) atoms. The van der Waals surface area contributed by atoms with E-state index in [0.29, 0.717) is 48.0 Å². The van der Waals surface area contributed by atoms with E-state index in [1.54, 1.807) is 12.1 Å². The average molecular weight is 440 g/mol. The molecule has 0 fully saturated rings. The van der Waals surface area contributed by atoms with E-state index in [0.717, 1.165) is 10.6 Å². The summed E-state index contributed by atoms with van der Waals surface area (Å²) in [6.07, 6.45) is 2.08. The lowest BCUT2D eigenvalue weighted by Gasteiger charge is -2.11. The third kappa shape index (κ3) is 4.88. The fourth-order valence-corrected chi connectivity index (χ4v) is 3.97. The Hall–Kier alpha value is -3.32. The van der Waals surface area contributed by atoms with E-state index in [1.807, 2.05) is 43.5 Å². The summed E-state index contributed by atoms with van der Waals surface area (Å²) in [5.74, 6) is 0.663. The summed E-state index contributed by atoms with van der Waals surface area (Å²) in [5, 5.41) is 13.2. The Bertz CT molecular complexity index is 1090. The van der Waals surface area contributed by atoms with Gasteiger partial charge in [0.25, 0.3) is 0 Å². The number of esters is 1. The van der Waals surface area contributed by atoms with E-state index in [9.17, 15) is 9.90 Å². The van der Waals surface area contributed by atoms with Crippen molar-refractivity contribution < 1.29 is 24.1 Å². The topological polar surface area (TPSA) is 77.9 Å². The second-order valence-electron chi connectivity index (χ2n) is 6.58. The predicted octanol–water partition coefficient (Wildman–Crippen LogP) is 5.50. The van der Waals surface area contributed by atoms with Crippen LogP contribution in [0.25, 0.3) is 21.8 Å². The first-order valence-corrected chi connectivity index (χ1v) is 10.8. The number of aromatic hydroxyl groups is 1. The van der Waals surface area contributed by atoms with Gasteiger partial charge in [-0.25, -0.2) is 9.78 Å². The molecule has 6 nitrogen and oxygen atoms in total. The average Bonchev–Trinajstić information content (AvgIpc) is 3.26. The van der Waals surface area contributed by atoms with Gasteiger partial charge in [0.15, 0.2) is 11.5 Å². The van der Waals surface area contributed by atoms with Crippen LogP contribution < -0.4 is 9.47 Å². The zero-order valence-corrected chi connectivity index (χ0v) is 18.6. The highest BCUT2D eigenvalue weighted by Gasteiger charge is 2.19. The number of phenols is 1. The van der Waals surface area contributed by atoms with Gasteiger partial charge >= 0.3 is 5.97 Å². The first-order chi connectivity index (χ1) is 15.0. The van der Waals surface area contributed by atoms with Crippen LogP contribution in [0.3, 0.4) is 0 Å². The molecule has 0 aliphatic rings. The molecule has 1 aromatic heterocycles. The van der Waals surface area contributed by atoms with Crippen LogP contribution in [0.1, 0.15) is 29.8 Å². The lowest BCUT2D eigenvalue weighted by Crippen LogP contribution is -2.04. The first kappa shape index (κ1) is 22.4. The molecule has 0 aliphatic carbocycles. The maximum atomic E-state index is 12.1. The molecule has 7 heteroatoms. The number of hydrogen-bond donors (Lipinski definition) is 1. The molecule has 0 bridgehead atoms. The van der Waals surface area contributed by atoms with Crippen molar-refractivity contribution in [3.05, 3.63) is 59.5 Å². The zero-order chi connectivity index (χ0) is 22.4. The standard InChI is InChI=1S/C24H25NO5S/c1-5-8-15-11-17(12-18(22(15)26)24(27)28-4)19-14-31-23(25-19)16-9-10-20(29-6-2)21(13-16)30-7-3/h5,9-14,26H,1,6-8H2,2-4H3. The van der Waals surface area contributed by atoms with Gasteiger partial charge in [0.1, 0.15) is 16.3 Å². The molecular formula is C24H25NO5S. The lowest BCUT2D eigenvalue weighted by molar-refractivity contribution is 0.0597. The number of aromatic nitrogens is 1. The molecule has 1 heterocycles. The van der Waals surface area contributed by atoms with E-state index >= 15 is 0 Å². The van der Waals surface area contributed by atoms with Gasteiger partial charge in [-0.1, -0.05) is 6.08 Å². The number of thiazole rings is 1. The van der Waals surface area contributed by atoms with Crippen molar-refractivity contribution in [2.75, 3.05) is 20.3 Å². The fraction of sp³-hybridized carbons (Fsp3) is 0.250. The van der Waals surface area contributed by atoms with E-state index in [-0.39, 0.29) is 11.3 Å². The highest BCUT2D eigenvalue weighted by molar-refractivity contribution is 7.13. The van der Waals surface area contributed by atoms with Gasteiger partial charge in [-0.05, 0) is 56.2 Å². The Kier molecular flexibility index (Phi) is 7.31. The van der Waals surface area contributed by atoms with Crippen molar-refractivity contribution in [1.82, 2.24) is 4.98 Å². The molecule has 0 radical (unpaired) electrons. The van der Waals surface area contributed by atoms with E-state index in [2.05, 4.69) is 6.58 Å². The molecule has 0 spiro atoms. The van der Waals surface area contributed by atoms with E-state index in [4.69, 9.17) is 19.2 Å². The Morgan fingerprint density at radius 2 is 1.87 bits per heavy atom. The minimum atomic E-state index is -0.604. The van der Waals surface area contributed by atoms with E-state index in [1.165, 1.54) is 18.4 Å². The minimum Gasteiger partial charge on any atom is -0.507 e. The molecule has 0 amide bonds. The van der Waals surface area contributed by atoms with Gasteiger partial charge in [-0.15, -0.1) is 17.9 Å². The van der Waals surface area contributed by atoms with Gasteiger partial charge in [-0.3, -0.25) is 0 Å². The summed E-state index contributed by atoms with van der Waals surface area (Å²) in [5.41, 5.74) is 3.01. The number of hydrogen-bond acceptors (Lipinski definition) is 7. The second-order valence-corrected chi connectivity index (χ2v) is 7.44. The van der Waals surface area contributed by atoms with Gasteiger partial charge in [0.05, 0.1) is 26.0 Å². The number of benzene rings is 2. The molecular weight excluding hydrogens is 414 g/mol.